The topological polar surface area (TPSA) is 54.4 Å². The Morgan fingerprint density at radius 3 is 2.62 bits per heavy atom. The van der Waals surface area contributed by atoms with Crippen molar-refractivity contribution in [1.82, 2.24) is 14.7 Å². The number of rotatable bonds is 8. The summed E-state index contributed by atoms with van der Waals surface area (Å²) < 4.78 is 7.45. The fourth-order valence-corrected chi connectivity index (χ4v) is 3.89. The van der Waals surface area contributed by atoms with Gasteiger partial charge in [0.15, 0.2) is 0 Å². The number of furan rings is 1. The highest BCUT2D eigenvalue weighted by molar-refractivity contribution is 5.85. The van der Waals surface area contributed by atoms with Crippen LogP contribution in [0.3, 0.4) is 0 Å². The number of benzene rings is 2. The van der Waals surface area contributed by atoms with E-state index in [0.29, 0.717) is 19.6 Å². The van der Waals surface area contributed by atoms with Crippen molar-refractivity contribution >= 4 is 10.8 Å². The van der Waals surface area contributed by atoms with Crippen LogP contribution >= 0.6 is 0 Å². The molecule has 4 rings (SSSR count). The van der Waals surface area contributed by atoms with Gasteiger partial charge in [-0.15, -0.1) is 0 Å². The van der Waals surface area contributed by atoms with E-state index in [1.165, 1.54) is 16.3 Å². The number of aliphatic hydroxyl groups excluding tert-OH is 1. The molecule has 0 unspecified atom stereocenters. The summed E-state index contributed by atoms with van der Waals surface area (Å²) in [5.74, 6) is 0.892. The van der Waals surface area contributed by atoms with Crippen molar-refractivity contribution in [3.8, 4) is 0 Å². The SMILES string of the molecule is Cc1cc(C)n(C[C@@H](O)CN(Cc2ccco2)Cc2cccc3ccccc23)n1. The van der Waals surface area contributed by atoms with E-state index in [1.54, 1.807) is 6.26 Å². The van der Waals surface area contributed by atoms with Gasteiger partial charge in [0.05, 0.1) is 31.2 Å². The normalized spacial score (nSPS) is 12.7. The molecule has 1 N–H and O–H groups in total. The zero-order valence-corrected chi connectivity index (χ0v) is 17.0. The van der Waals surface area contributed by atoms with Gasteiger partial charge in [-0.3, -0.25) is 9.58 Å². The van der Waals surface area contributed by atoms with Gasteiger partial charge in [0.25, 0.3) is 0 Å². The van der Waals surface area contributed by atoms with Crippen LogP contribution in [0, 0.1) is 13.8 Å². The number of aromatic nitrogens is 2. The first-order valence-corrected chi connectivity index (χ1v) is 9.99. The van der Waals surface area contributed by atoms with Crippen LogP contribution in [0.2, 0.25) is 0 Å². The Balaban J connectivity index is 1.53. The lowest BCUT2D eigenvalue weighted by atomic mass is 10.0. The zero-order valence-electron chi connectivity index (χ0n) is 17.0. The number of aryl methyl sites for hydroxylation is 2. The van der Waals surface area contributed by atoms with Gasteiger partial charge in [-0.05, 0) is 48.4 Å². The molecule has 0 bridgehead atoms. The maximum absolute atomic E-state index is 10.8. The molecule has 1 atom stereocenters. The van der Waals surface area contributed by atoms with Crippen LogP contribution < -0.4 is 0 Å². The average Bonchev–Trinajstić information content (AvgIpc) is 3.31. The molecule has 0 saturated carbocycles. The van der Waals surface area contributed by atoms with E-state index in [0.717, 1.165) is 23.7 Å². The number of nitrogens with zero attached hydrogens (tertiary/aromatic N) is 3. The molecule has 5 heteroatoms. The quantitative estimate of drug-likeness (QED) is 0.488. The van der Waals surface area contributed by atoms with E-state index in [2.05, 4.69) is 52.5 Å². The van der Waals surface area contributed by atoms with E-state index in [1.807, 2.05) is 36.7 Å². The summed E-state index contributed by atoms with van der Waals surface area (Å²) >= 11 is 0. The van der Waals surface area contributed by atoms with Gasteiger partial charge in [0, 0.05) is 18.8 Å². The third kappa shape index (κ3) is 4.75. The number of fused-ring (bicyclic) bond motifs is 1. The molecule has 2 aromatic heterocycles. The molecule has 0 amide bonds. The van der Waals surface area contributed by atoms with Crippen LogP contribution in [0.5, 0.6) is 0 Å². The van der Waals surface area contributed by atoms with Gasteiger partial charge < -0.3 is 9.52 Å². The fraction of sp³-hybridized carbons (Fsp3) is 0.292. The lowest BCUT2D eigenvalue weighted by Crippen LogP contribution is -2.34. The van der Waals surface area contributed by atoms with E-state index >= 15 is 0 Å². The molecule has 0 saturated heterocycles. The molecule has 0 fully saturated rings. The molecule has 2 aromatic carbocycles. The highest BCUT2D eigenvalue weighted by Gasteiger charge is 2.17. The van der Waals surface area contributed by atoms with Crippen molar-refractivity contribution in [2.45, 2.75) is 39.6 Å². The third-order valence-corrected chi connectivity index (χ3v) is 5.19. The molecular weight excluding hydrogens is 362 g/mol. The summed E-state index contributed by atoms with van der Waals surface area (Å²) in [7, 11) is 0. The minimum atomic E-state index is -0.530. The molecule has 0 aliphatic rings. The molecule has 150 valence electrons. The second-order valence-electron chi connectivity index (χ2n) is 7.65. The van der Waals surface area contributed by atoms with Gasteiger partial charge in [0.1, 0.15) is 5.76 Å². The molecule has 0 spiro atoms. The molecule has 0 radical (unpaired) electrons. The number of hydrogen-bond acceptors (Lipinski definition) is 4. The first-order chi connectivity index (χ1) is 14.1. The third-order valence-electron chi connectivity index (χ3n) is 5.19. The number of hydrogen-bond donors (Lipinski definition) is 1. The Morgan fingerprint density at radius 1 is 1.03 bits per heavy atom. The fourth-order valence-electron chi connectivity index (χ4n) is 3.89. The maximum Gasteiger partial charge on any atom is 0.117 e. The second kappa shape index (κ2) is 8.64. The van der Waals surface area contributed by atoms with E-state index in [-0.39, 0.29) is 0 Å². The highest BCUT2D eigenvalue weighted by Crippen LogP contribution is 2.21. The molecular formula is C24H27N3O2. The van der Waals surface area contributed by atoms with Gasteiger partial charge in [-0.25, -0.2) is 0 Å². The van der Waals surface area contributed by atoms with Crippen LogP contribution in [0.4, 0.5) is 0 Å². The summed E-state index contributed by atoms with van der Waals surface area (Å²) in [6, 6.07) is 20.7. The molecule has 2 heterocycles. The Morgan fingerprint density at radius 2 is 1.86 bits per heavy atom. The smallest absolute Gasteiger partial charge is 0.117 e. The predicted molar refractivity (Wildman–Crippen MR) is 114 cm³/mol. The number of aliphatic hydroxyl groups is 1. The zero-order chi connectivity index (χ0) is 20.2. The first-order valence-electron chi connectivity index (χ1n) is 9.99. The summed E-state index contributed by atoms with van der Waals surface area (Å²) in [5.41, 5.74) is 3.28. The average molecular weight is 389 g/mol. The van der Waals surface area contributed by atoms with Crippen molar-refractivity contribution in [2.75, 3.05) is 6.54 Å². The summed E-state index contributed by atoms with van der Waals surface area (Å²) in [5, 5.41) is 17.7. The molecule has 29 heavy (non-hydrogen) atoms. The van der Waals surface area contributed by atoms with Gasteiger partial charge in [-0.2, -0.15) is 5.10 Å². The van der Waals surface area contributed by atoms with Crippen LogP contribution in [0.15, 0.2) is 71.3 Å². The van der Waals surface area contributed by atoms with Gasteiger partial charge in [0.2, 0.25) is 0 Å². The molecule has 5 nitrogen and oxygen atoms in total. The summed E-state index contributed by atoms with van der Waals surface area (Å²) in [6.45, 7) is 6.37. The van der Waals surface area contributed by atoms with Crippen molar-refractivity contribution < 1.29 is 9.52 Å². The van der Waals surface area contributed by atoms with Gasteiger partial charge >= 0.3 is 0 Å². The largest absolute Gasteiger partial charge is 0.468 e. The summed E-state index contributed by atoms with van der Waals surface area (Å²) in [4.78, 5) is 2.23. The van der Waals surface area contributed by atoms with Crippen molar-refractivity contribution in [1.29, 1.82) is 0 Å². The van der Waals surface area contributed by atoms with Crippen LogP contribution in [0.25, 0.3) is 10.8 Å². The van der Waals surface area contributed by atoms with Crippen LogP contribution in [0.1, 0.15) is 22.7 Å². The second-order valence-corrected chi connectivity index (χ2v) is 7.65. The molecule has 0 aliphatic heterocycles. The lowest BCUT2D eigenvalue weighted by molar-refractivity contribution is 0.0841. The van der Waals surface area contributed by atoms with Crippen molar-refractivity contribution in [3.05, 3.63) is 89.6 Å². The summed E-state index contributed by atoms with van der Waals surface area (Å²) in [6.07, 6.45) is 1.16. The van der Waals surface area contributed by atoms with E-state index < -0.39 is 6.10 Å². The lowest BCUT2D eigenvalue weighted by Gasteiger charge is -2.25. The van der Waals surface area contributed by atoms with Crippen LogP contribution in [-0.4, -0.2) is 32.4 Å². The monoisotopic (exact) mass is 389 g/mol. The Hall–Kier alpha value is -2.89. The first kappa shape index (κ1) is 19.4. The maximum atomic E-state index is 10.8. The Bertz CT molecular complexity index is 1060. The van der Waals surface area contributed by atoms with E-state index in [4.69, 9.17) is 4.42 Å². The minimum absolute atomic E-state index is 0.476. The molecule has 0 aliphatic carbocycles. The molecule has 4 aromatic rings. The Labute approximate surface area is 171 Å². The van der Waals surface area contributed by atoms with Gasteiger partial charge in [-0.1, -0.05) is 42.5 Å². The predicted octanol–water partition coefficient (Wildman–Crippen LogP) is 4.31. The highest BCUT2D eigenvalue weighted by atomic mass is 16.3. The van der Waals surface area contributed by atoms with E-state index in [9.17, 15) is 5.11 Å². The van der Waals surface area contributed by atoms with Crippen LogP contribution in [-0.2, 0) is 19.6 Å². The minimum Gasteiger partial charge on any atom is -0.468 e. The van der Waals surface area contributed by atoms with Crippen molar-refractivity contribution in [2.24, 2.45) is 0 Å². The standard InChI is InChI=1S/C24H27N3O2/c1-18-13-19(2)27(25-18)16-22(28)15-26(17-23-10-6-12-29-23)14-21-9-5-8-20-7-3-4-11-24(20)21/h3-13,22,28H,14-17H2,1-2H3/t22-/m0/s1. The van der Waals surface area contributed by atoms with Crippen molar-refractivity contribution in [3.63, 3.8) is 0 Å². The Kier molecular flexibility index (Phi) is 5.79.